The number of nitrogens with zero attached hydrogens (tertiary/aromatic N) is 1. The number of rotatable bonds is 3. The van der Waals surface area contributed by atoms with Gasteiger partial charge in [-0.2, -0.15) is 0 Å². The third-order valence-electron chi connectivity index (χ3n) is 2.32. The van der Waals surface area contributed by atoms with E-state index in [4.69, 9.17) is 5.73 Å². The molecule has 5 nitrogen and oxygen atoms in total. The predicted octanol–water partition coefficient (Wildman–Crippen LogP) is 2.32. The van der Waals surface area contributed by atoms with Crippen LogP contribution >= 0.6 is 11.3 Å². The van der Waals surface area contributed by atoms with Gasteiger partial charge in [-0.05, 0) is 18.2 Å². The van der Waals surface area contributed by atoms with Crippen LogP contribution in [0, 0.1) is 5.82 Å². The molecule has 0 saturated carbocycles. The highest BCUT2D eigenvalue weighted by Gasteiger charge is 2.14. The molecule has 0 aliphatic rings. The number of carbonyl (C=O) groups is 2. The van der Waals surface area contributed by atoms with E-state index in [1.54, 1.807) is 0 Å². The van der Waals surface area contributed by atoms with E-state index in [-0.39, 0.29) is 27.9 Å². The minimum atomic E-state index is -0.708. The molecule has 0 spiro atoms. The maximum absolute atomic E-state index is 13.5. The Morgan fingerprint density at radius 3 is 2.74 bits per heavy atom. The van der Waals surface area contributed by atoms with Gasteiger partial charge in [-0.15, -0.1) is 11.3 Å². The van der Waals surface area contributed by atoms with Crippen LogP contribution in [0.25, 0.3) is 0 Å². The SMILES string of the molecule is CC(=O)c1csc(NC(=O)c2ccc(N)cc2F)n1. The highest BCUT2D eigenvalue weighted by atomic mass is 32.1. The van der Waals surface area contributed by atoms with E-state index in [0.717, 1.165) is 17.4 Å². The molecule has 0 atom stereocenters. The van der Waals surface area contributed by atoms with E-state index in [1.807, 2.05) is 0 Å². The zero-order valence-electron chi connectivity index (χ0n) is 9.94. The molecule has 0 fully saturated rings. The van der Waals surface area contributed by atoms with E-state index in [2.05, 4.69) is 10.3 Å². The van der Waals surface area contributed by atoms with Crippen LogP contribution in [0.5, 0.6) is 0 Å². The van der Waals surface area contributed by atoms with Crippen molar-refractivity contribution in [2.75, 3.05) is 11.1 Å². The van der Waals surface area contributed by atoms with Gasteiger partial charge in [-0.3, -0.25) is 14.9 Å². The highest BCUT2D eigenvalue weighted by molar-refractivity contribution is 7.14. The maximum Gasteiger partial charge on any atom is 0.260 e. The first-order valence-corrected chi connectivity index (χ1v) is 6.18. The predicted molar refractivity (Wildman–Crippen MR) is 70.9 cm³/mol. The van der Waals surface area contributed by atoms with Crippen molar-refractivity contribution in [3.05, 3.63) is 40.7 Å². The fourth-order valence-electron chi connectivity index (χ4n) is 1.37. The molecule has 0 unspecified atom stereocenters. The molecule has 0 aliphatic carbocycles. The number of hydrogen-bond acceptors (Lipinski definition) is 5. The summed E-state index contributed by atoms with van der Waals surface area (Å²) in [6.07, 6.45) is 0. The summed E-state index contributed by atoms with van der Waals surface area (Å²) < 4.78 is 13.5. The zero-order valence-corrected chi connectivity index (χ0v) is 10.8. The number of nitrogens with two attached hydrogens (primary N) is 1. The largest absolute Gasteiger partial charge is 0.399 e. The number of thiazole rings is 1. The van der Waals surface area contributed by atoms with Gasteiger partial charge < -0.3 is 5.73 Å². The Morgan fingerprint density at radius 1 is 1.42 bits per heavy atom. The Kier molecular flexibility index (Phi) is 3.57. The Balaban J connectivity index is 2.18. The highest BCUT2D eigenvalue weighted by Crippen LogP contribution is 2.18. The molecule has 3 N–H and O–H groups in total. The standard InChI is InChI=1S/C12H10FN3O2S/c1-6(17)10-5-19-12(15-10)16-11(18)8-3-2-7(14)4-9(8)13/h2-5H,14H2,1H3,(H,15,16,18). The number of nitrogen functional groups attached to an aromatic ring is 1. The summed E-state index contributed by atoms with van der Waals surface area (Å²) in [4.78, 5) is 26.8. The summed E-state index contributed by atoms with van der Waals surface area (Å²) in [5.74, 6) is -1.54. The molecule has 2 aromatic rings. The monoisotopic (exact) mass is 279 g/mol. The summed E-state index contributed by atoms with van der Waals surface area (Å²) in [5, 5.41) is 4.20. The molecule has 19 heavy (non-hydrogen) atoms. The molecule has 1 aromatic carbocycles. The molecule has 0 radical (unpaired) electrons. The van der Waals surface area contributed by atoms with E-state index >= 15 is 0 Å². The molecule has 0 aliphatic heterocycles. The number of carbonyl (C=O) groups excluding carboxylic acids is 2. The first kappa shape index (κ1) is 13.2. The van der Waals surface area contributed by atoms with Crippen LogP contribution in [0.2, 0.25) is 0 Å². The number of halogens is 1. The van der Waals surface area contributed by atoms with Gasteiger partial charge in [0.1, 0.15) is 11.5 Å². The quantitative estimate of drug-likeness (QED) is 0.667. The lowest BCUT2D eigenvalue weighted by Gasteiger charge is -2.03. The number of benzene rings is 1. The lowest BCUT2D eigenvalue weighted by molar-refractivity contribution is 0.100. The normalized spacial score (nSPS) is 10.2. The molecule has 0 saturated heterocycles. The van der Waals surface area contributed by atoms with Crippen molar-refractivity contribution >= 4 is 33.8 Å². The molecule has 7 heteroatoms. The number of anilines is 2. The van der Waals surface area contributed by atoms with Crippen molar-refractivity contribution in [3.8, 4) is 0 Å². The summed E-state index contributed by atoms with van der Waals surface area (Å²) in [6.45, 7) is 1.38. The Morgan fingerprint density at radius 2 is 2.16 bits per heavy atom. The summed E-state index contributed by atoms with van der Waals surface area (Å²) >= 11 is 1.10. The van der Waals surface area contributed by atoms with Crippen molar-refractivity contribution in [1.82, 2.24) is 4.98 Å². The van der Waals surface area contributed by atoms with Crippen LogP contribution < -0.4 is 11.1 Å². The van der Waals surface area contributed by atoms with Gasteiger partial charge in [0, 0.05) is 18.0 Å². The van der Waals surface area contributed by atoms with E-state index in [1.165, 1.54) is 24.4 Å². The number of ketones is 1. The summed E-state index contributed by atoms with van der Waals surface area (Å²) in [7, 11) is 0. The average Bonchev–Trinajstić information content (AvgIpc) is 2.77. The first-order valence-electron chi connectivity index (χ1n) is 5.30. The first-order chi connectivity index (χ1) is 8.97. The van der Waals surface area contributed by atoms with Crippen LogP contribution in [0.3, 0.4) is 0 Å². The van der Waals surface area contributed by atoms with Gasteiger partial charge in [0.25, 0.3) is 5.91 Å². The van der Waals surface area contributed by atoms with E-state index in [0.29, 0.717) is 0 Å². The second-order valence-corrected chi connectivity index (χ2v) is 4.65. The van der Waals surface area contributed by atoms with Gasteiger partial charge in [-0.1, -0.05) is 0 Å². The number of aromatic nitrogens is 1. The minimum absolute atomic E-state index is 0.131. The molecule has 1 heterocycles. The second kappa shape index (κ2) is 5.15. The minimum Gasteiger partial charge on any atom is -0.399 e. The smallest absolute Gasteiger partial charge is 0.260 e. The number of Topliss-reactive ketones (excluding diaryl/α,β-unsaturated/α-hetero) is 1. The van der Waals surface area contributed by atoms with Gasteiger partial charge in [0.05, 0.1) is 5.56 Å². The fraction of sp³-hybridized carbons (Fsp3) is 0.0833. The number of hydrogen-bond donors (Lipinski definition) is 2. The molecular weight excluding hydrogens is 269 g/mol. The van der Waals surface area contributed by atoms with Gasteiger partial charge in [0.2, 0.25) is 0 Å². The van der Waals surface area contributed by atoms with Crippen LogP contribution in [-0.2, 0) is 0 Å². The lowest BCUT2D eigenvalue weighted by atomic mass is 10.2. The van der Waals surface area contributed by atoms with Gasteiger partial charge in [-0.25, -0.2) is 9.37 Å². The van der Waals surface area contributed by atoms with Gasteiger partial charge >= 0.3 is 0 Å². The van der Waals surface area contributed by atoms with Gasteiger partial charge in [0.15, 0.2) is 10.9 Å². The molecular formula is C12H10FN3O2S. The maximum atomic E-state index is 13.5. The Bertz CT molecular complexity index is 654. The van der Waals surface area contributed by atoms with Crippen molar-refractivity contribution < 1.29 is 14.0 Å². The summed E-state index contributed by atoms with van der Waals surface area (Å²) in [5.41, 5.74) is 5.77. The van der Waals surface area contributed by atoms with Crippen LogP contribution in [0.4, 0.5) is 15.2 Å². The third kappa shape index (κ3) is 2.94. The average molecular weight is 279 g/mol. The second-order valence-electron chi connectivity index (χ2n) is 3.79. The third-order valence-corrected chi connectivity index (χ3v) is 3.08. The zero-order chi connectivity index (χ0) is 14.0. The molecule has 2 rings (SSSR count). The molecule has 98 valence electrons. The van der Waals surface area contributed by atoms with Crippen LogP contribution in [0.1, 0.15) is 27.8 Å². The van der Waals surface area contributed by atoms with Crippen molar-refractivity contribution in [2.45, 2.75) is 6.92 Å². The lowest BCUT2D eigenvalue weighted by Crippen LogP contribution is -2.14. The topological polar surface area (TPSA) is 85.1 Å². The molecule has 1 aromatic heterocycles. The Hall–Kier alpha value is -2.28. The Labute approximate surface area is 112 Å². The fourth-order valence-corrected chi connectivity index (χ4v) is 2.12. The van der Waals surface area contributed by atoms with E-state index < -0.39 is 11.7 Å². The van der Waals surface area contributed by atoms with Crippen LogP contribution in [-0.4, -0.2) is 16.7 Å². The van der Waals surface area contributed by atoms with Crippen LogP contribution in [0.15, 0.2) is 23.6 Å². The van der Waals surface area contributed by atoms with E-state index in [9.17, 15) is 14.0 Å². The van der Waals surface area contributed by atoms with Crippen molar-refractivity contribution in [3.63, 3.8) is 0 Å². The number of amides is 1. The molecule has 0 bridgehead atoms. The molecule has 1 amide bonds. The van der Waals surface area contributed by atoms with Crippen molar-refractivity contribution in [2.24, 2.45) is 0 Å². The van der Waals surface area contributed by atoms with Crippen molar-refractivity contribution in [1.29, 1.82) is 0 Å². The number of nitrogens with one attached hydrogen (secondary N) is 1. The summed E-state index contributed by atoms with van der Waals surface area (Å²) in [6, 6.07) is 3.79.